The van der Waals surface area contributed by atoms with E-state index in [1.165, 1.54) is 24.8 Å². The van der Waals surface area contributed by atoms with Crippen LogP contribution in [0.15, 0.2) is 24.3 Å². The summed E-state index contributed by atoms with van der Waals surface area (Å²) in [5.41, 5.74) is 1.58. The molecule has 3 atom stereocenters. The monoisotopic (exact) mass is 338 g/mol. The molecule has 0 aliphatic heterocycles. The van der Waals surface area contributed by atoms with Crippen molar-refractivity contribution in [3.05, 3.63) is 29.8 Å². The number of hydrogen-bond donors (Lipinski definition) is 0. The van der Waals surface area contributed by atoms with Crippen molar-refractivity contribution >= 4 is 15.9 Å². The first-order valence-corrected chi connectivity index (χ1v) is 8.74. The van der Waals surface area contributed by atoms with Gasteiger partial charge in [-0.25, -0.2) is 0 Å². The molecule has 1 saturated carbocycles. The molecule has 1 fully saturated rings. The van der Waals surface area contributed by atoms with Crippen LogP contribution in [-0.4, -0.2) is 11.4 Å². The van der Waals surface area contributed by atoms with E-state index in [4.69, 9.17) is 4.74 Å². The Morgan fingerprint density at radius 3 is 2.70 bits per heavy atom. The van der Waals surface area contributed by atoms with E-state index in [2.05, 4.69) is 61.0 Å². The quantitative estimate of drug-likeness (QED) is 0.652. The molecule has 0 radical (unpaired) electrons. The van der Waals surface area contributed by atoms with Crippen LogP contribution in [0.3, 0.4) is 0 Å². The van der Waals surface area contributed by atoms with Crippen molar-refractivity contribution in [1.82, 2.24) is 0 Å². The molecule has 1 aliphatic rings. The zero-order valence-corrected chi connectivity index (χ0v) is 14.7. The summed E-state index contributed by atoms with van der Waals surface area (Å²) >= 11 is 3.95. The Kier molecular flexibility index (Phi) is 5.17. The number of benzene rings is 1. The Labute approximate surface area is 132 Å². The molecule has 0 amide bonds. The van der Waals surface area contributed by atoms with Gasteiger partial charge in [-0.05, 0) is 54.7 Å². The third kappa shape index (κ3) is 3.39. The number of rotatable bonds is 4. The Balaban J connectivity index is 2.22. The molecule has 0 heterocycles. The molecular weight excluding hydrogens is 312 g/mol. The third-order valence-corrected chi connectivity index (χ3v) is 5.86. The van der Waals surface area contributed by atoms with E-state index in [9.17, 15) is 0 Å². The largest absolute Gasteiger partial charge is 0.494 e. The highest BCUT2D eigenvalue weighted by Crippen LogP contribution is 2.45. The van der Waals surface area contributed by atoms with Crippen LogP contribution in [0, 0.1) is 11.8 Å². The minimum atomic E-state index is 0.182. The van der Waals surface area contributed by atoms with E-state index >= 15 is 0 Å². The molecule has 1 aliphatic carbocycles. The van der Waals surface area contributed by atoms with Gasteiger partial charge in [0.2, 0.25) is 0 Å². The van der Waals surface area contributed by atoms with Gasteiger partial charge in [-0.1, -0.05) is 55.3 Å². The van der Waals surface area contributed by atoms with Gasteiger partial charge in [0.15, 0.2) is 0 Å². The van der Waals surface area contributed by atoms with Gasteiger partial charge in [-0.3, -0.25) is 0 Å². The summed E-state index contributed by atoms with van der Waals surface area (Å²) < 4.78 is 5.66. The molecular formula is C18H27BrO. The predicted octanol–water partition coefficient (Wildman–Crippen LogP) is 5.56. The zero-order chi connectivity index (χ0) is 14.8. The van der Waals surface area contributed by atoms with E-state index in [1.807, 2.05) is 6.92 Å². The fourth-order valence-corrected chi connectivity index (χ4v) is 5.06. The molecule has 20 heavy (non-hydrogen) atoms. The lowest BCUT2D eigenvalue weighted by molar-refractivity contribution is 0.213. The van der Waals surface area contributed by atoms with E-state index in [1.54, 1.807) is 0 Å². The Morgan fingerprint density at radius 2 is 2.05 bits per heavy atom. The average molecular weight is 339 g/mol. The van der Waals surface area contributed by atoms with Crippen LogP contribution in [0.2, 0.25) is 0 Å². The van der Waals surface area contributed by atoms with Crippen LogP contribution in [0.5, 0.6) is 5.75 Å². The summed E-state index contributed by atoms with van der Waals surface area (Å²) in [6.45, 7) is 9.90. The van der Waals surface area contributed by atoms with E-state index in [0.717, 1.165) is 18.3 Å². The first-order chi connectivity index (χ1) is 9.45. The van der Waals surface area contributed by atoms with Crippen LogP contribution in [0.1, 0.15) is 52.5 Å². The number of hydrogen-bond acceptors (Lipinski definition) is 1. The summed E-state index contributed by atoms with van der Waals surface area (Å²) in [5.74, 6) is 2.53. The second kappa shape index (κ2) is 6.51. The zero-order valence-electron chi connectivity index (χ0n) is 13.2. The minimum Gasteiger partial charge on any atom is -0.494 e. The Hall–Kier alpha value is -0.500. The van der Waals surface area contributed by atoms with E-state index < -0.39 is 0 Å². The lowest BCUT2D eigenvalue weighted by atomic mass is 9.66. The molecule has 1 nitrogen and oxygen atoms in total. The number of alkyl halides is 1. The predicted molar refractivity (Wildman–Crippen MR) is 89.9 cm³/mol. The molecule has 3 unspecified atom stereocenters. The van der Waals surface area contributed by atoms with Gasteiger partial charge in [-0.2, -0.15) is 0 Å². The molecule has 1 aromatic carbocycles. The summed E-state index contributed by atoms with van der Waals surface area (Å²) in [5, 5.41) is 0. The van der Waals surface area contributed by atoms with Crippen LogP contribution in [0.25, 0.3) is 0 Å². The van der Waals surface area contributed by atoms with Crippen LogP contribution in [-0.2, 0) is 5.41 Å². The summed E-state index contributed by atoms with van der Waals surface area (Å²) in [4.78, 5) is 0.622. The highest BCUT2D eigenvalue weighted by Gasteiger charge is 2.38. The number of ether oxygens (including phenoxy) is 1. The number of halogens is 1. The topological polar surface area (TPSA) is 9.23 Å². The second-order valence-corrected chi connectivity index (χ2v) is 7.90. The summed E-state index contributed by atoms with van der Waals surface area (Å²) in [6.07, 6.45) is 3.95. The highest BCUT2D eigenvalue weighted by atomic mass is 79.9. The first kappa shape index (κ1) is 15.9. The molecule has 1 aromatic rings. The maximum atomic E-state index is 5.66. The SMILES string of the molecule is CCOc1cccc(C(C)(C)C2CCC(C)CC2Br)c1. The second-order valence-electron chi connectivity index (χ2n) is 6.72. The lowest BCUT2D eigenvalue weighted by Crippen LogP contribution is -2.38. The molecule has 2 heteroatoms. The Morgan fingerprint density at radius 1 is 1.30 bits per heavy atom. The van der Waals surface area contributed by atoms with Crippen molar-refractivity contribution in [2.75, 3.05) is 6.61 Å². The van der Waals surface area contributed by atoms with Crippen molar-refractivity contribution < 1.29 is 4.74 Å². The van der Waals surface area contributed by atoms with Gasteiger partial charge in [0.1, 0.15) is 5.75 Å². The summed E-state index contributed by atoms with van der Waals surface area (Å²) in [6, 6.07) is 8.65. The molecule has 2 rings (SSSR count). The molecule has 0 saturated heterocycles. The lowest BCUT2D eigenvalue weighted by Gasteiger charge is -2.42. The minimum absolute atomic E-state index is 0.182. The first-order valence-electron chi connectivity index (χ1n) is 7.82. The molecule has 0 spiro atoms. The van der Waals surface area contributed by atoms with Crippen LogP contribution in [0.4, 0.5) is 0 Å². The van der Waals surface area contributed by atoms with Gasteiger partial charge in [-0.15, -0.1) is 0 Å². The fourth-order valence-electron chi connectivity index (χ4n) is 3.49. The van der Waals surface area contributed by atoms with Crippen LogP contribution < -0.4 is 4.74 Å². The molecule has 0 bridgehead atoms. The van der Waals surface area contributed by atoms with Crippen molar-refractivity contribution in [3.8, 4) is 5.75 Å². The Bertz CT molecular complexity index is 441. The standard InChI is InChI=1S/C18H27BrO/c1-5-20-15-8-6-7-14(12-15)18(3,4)16-10-9-13(2)11-17(16)19/h6-8,12-13,16-17H,5,9-11H2,1-4H3. The summed E-state index contributed by atoms with van der Waals surface area (Å²) in [7, 11) is 0. The van der Waals surface area contributed by atoms with Crippen molar-refractivity contribution in [1.29, 1.82) is 0 Å². The smallest absolute Gasteiger partial charge is 0.119 e. The van der Waals surface area contributed by atoms with E-state index in [-0.39, 0.29) is 5.41 Å². The van der Waals surface area contributed by atoms with Crippen molar-refractivity contribution in [3.63, 3.8) is 0 Å². The van der Waals surface area contributed by atoms with Crippen LogP contribution >= 0.6 is 15.9 Å². The van der Waals surface area contributed by atoms with Crippen molar-refractivity contribution in [2.45, 2.75) is 57.2 Å². The normalized spacial score (nSPS) is 27.4. The highest BCUT2D eigenvalue weighted by molar-refractivity contribution is 9.09. The average Bonchev–Trinajstić information content (AvgIpc) is 2.39. The van der Waals surface area contributed by atoms with E-state index in [0.29, 0.717) is 10.7 Å². The maximum absolute atomic E-state index is 5.66. The van der Waals surface area contributed by atoms with Gasteiger partial charge >= 0.3 is 0 Å². The van der Waals surface area contributed by atoms with Crippen molar-refractivity contribution in [2.24, 2.45) is 11.8 Å². The fraction of sp³-hybridized carbons (Fsp3) is 0.667. The molecule has 0 aromatic heterocycles. The van der Waals surface area contributed by atoms with Gasteiger partial charge in [0.05, 0.1) is 6.61 Å². The molecule has 0 N–H and O–H groups in total. The maximum Gasteiger partial charge on any atom is 0.119 e. The van der Waals surface area contributed by atoms with Gasteiger partial charge in [0, 0.05) is 4.83 Å². The van der Waals surface area contributed by atoms with Gasteiger partial charge in [0.25, 0.3) is 0 Å². The van der Waals surface area contributed by atoms with Gasteiger partial charge < -0.3 is 4.74 Å². The molecule has 112 valence electrons. The third-order valence-electron chi connectivity index (χ3n) is 4.85.